The Balaban J connectivity index is 0.857. The molecule has 4 aromatic rings. The molecule has 0 spiro atoms. The molecule has 0 radical (unpaired) electrons. The number of aromatic nitrogens is 2. The predicted molar refractivity (Wildman–Crippen MR) is 396 cm³/mol. The molecule has 45 heteroatoms. The van der Waals surface area contributed by atoms with Crippen molar-refractivity contribution in [1.82, 2.24) is 9.97 Å². The lowest BCUT2D eigenvalue weighted by molar-refractivity contribution is -0.395. The van der Waals surface area contributed by atoms with E-state index in [2.05, 4.69) is 16.0 Å². The Labute approximate surface area is 673 Å². The fourth-order valence-electron chi connectivity index (χ4n) is 15.2. The van der Waals surface area contributed by atoms with E-state index in [1.165, 1.54) is 53.1 Å². The maximum Gasteiger partial charge on any atom is 0.187 e. The van der Waals surface area contributed by atoms with Gasteiger partial charge in [0.25, 0.3) is 0 Å². The molecule has 0 saturated carbocycles. The number of nitrogens with zero attached hydrogens (tertiary/aromatic N) is 2. The van der Waals surface area contributed by atoms with Gasteiger partial charge in [0.1, 0.15) is 157 Å². The zero-order valence-electron chi connectivity index (χ0n) is 61.6. The molecule has 21 fully saturated rings. The number of thioether (sulfide) groups is 2. The number of ether oxygens (including phenoxy) is 14. The van der Waals surface area contributed by atoms with Gasteiger partial charge in [-0.3, -0.25) is 0 Å². The number of nitrogens with two attached hydrogens (primary N) is 1. The van der Waals surface area contributed by atoms with E-state index in [9.17, 15) is 107 Å². The lowest BCUT2D eigenvalue weighted by atomic mass is 9.81. The molecule has 0 amide bonds. The highest BCUT2D eigenvalue weighted by Crippen LogP contribution is 2.42. The van der Waals surface area contributed by atoms with E-state index in [-0.39, 0.29) is 48.3 Å². The summed E-state index contributed by atoms with van der Waals surface area (Å²) in [5.41, 5.74) is 9.19. The molecule has 115 heavy (non-hydrogen) atoms. The van der Waals surface area contributed by atoms with Crippen LogP contribution >= 0.6 is 46.2 Å². The number of thiazole rings is 2. The van der Waals surface area contributed by atoms with Gasteiger partial charge < -0.3 is 195 Å². The Kier molecular flexibility index (Phi) is 30.3. The molecule has 25 aliphatic rings. The standard InChI is InChI=1S/C70H102N6O35S4/c1-25-43(85)56-34(11-77)98-63(25)105-57-35(12-78)99-66(50(92)44(57)86)110-62-40-21-113-17-31-19-115-42(76-31)10-74-29-6-27(72-8-26-2-3-33(71)32(4-26)70(22-82,23-83)24-84)5-28(7-29)73-9-41-75-30(18-114-41)16-112-20-39-61(48(90)54(96)68(103-39)106-56)111-67-53(95)47(89)59(37(14-80)102-67)108-64-51(93)45(87)58(36(13-79)100-64)107-65-52(94)46(88)60(38(15-81)101-65)109-69(104-40)55(97)49(62)91/h2-7,18-19,25,34-40,43-69,72-74,77-97H,8-17,20-24,71H2,1H3/t25?,34-,35-,36-,37-,38-,39-,40-,43?,44?,45?,46?,47?,48?,49?,50?,51?,52?,53?,54?,55?,56-,57-,58-,59-,60-,61-,62-,63-,64+,65-,66-,67-,68-,69-/m1/s1. The van der Waals surface area contributed by atoms with Gasteiger partial charge in [-0.25, -0.2) is 9.97 Å². The summed E-state index contributed by atoms with van der Waals surface area (Å²) in [4.78, 5) is 9.74. The Bertz CT molecular complexity index is 3640. The summed E-state index contributed by atoms with van der Waals surface area (Å²) < 4.78 is 85.8. The molecular weight excluding hydrogens is 1610 g/mol. The lowest BCUT2D eigenvalue weighted by Gasteiger charge is -2.50. The summed E-state index contributed by atoms with van der Waals surface area (Å²) in [6, 6.07) is 10.6. The number of hydrogen-bond acceptors (Lipinski definition) is 45. The minimum Gasteiger partial charge on any atom is -0.398 e. The monoisotopic (exact) mass is 1710 g/mol. The van der Waals surface area contributed by atoms with Crippen LogP contribution < -0.4 is 21.7 Å². The molecule has 27 heterocycles. The number of rotatable bonds is 12. The fourth-order valence-corrected chi connectivity index (χ4v) is 18.8. The van der Waals surface area contributed by atoms with Crippen LogP contribution in [0.15, 0.2) is 47.2 Å². The Morgan fingerprint density at radius 3 is 1.10 bits per heavy atom. The number of aliphatic hydroxyl groups excluding tert-OH is 21. The van der Waals surface area contributed by atoms with Crippen LogP contribution in [-0.4, -0.2) is 390 Å². The topological polar surface area (TPSA) is 642 Å². The van der Waals surface area contributed by atoms with Crippen LogP contribution in [0.5, 0.6) is 0 Å². The number of hydrogen-bond donors (Lipinski definition) is 25. The summed E-state index contributed by atoms with van der Waals surface area (Å²) in [5.74, 6) is -1.26. The third-order valence-electron chi connectivity index (χ3n) is 21.9. The molecule has 41 nitrogen and oxygen atoms in total. The van der Waals surface area contributed by atoms with E-state index in [4.69, 9.17) is 82.0 Å². The molecular formula is C70H102N6O35S4. The van der Waals surface area contributed by atoms with Gasteiger partial charge in [-0.2, -0.15) is 23.5 Å². The lowest BCUT2D eigenvalue weighted by Crippen LogP contribution is -2.68. The van der Waals surface area contributed by atoms with Crippen molar-refractivity contribution in [2.24, 2.45) is 5.92 Å². The molecule has 35 atom stereocenters. The quantitative estimate of drug-likeness (QED) is 0.0586. The van der Waals surface area contributed by atoms with E-state index >= 15 is 0 Å². The Morgan fingerprint density at radius 1 is 0.409 bits per heavy atom. The normalized spacial score (nSPS) is 42.2. The Hall–Kier alpha value is -3.80. The highest BCUT2D eigenvalue weighted by atomic mass is 32.2. The van der Waals surface area contributed by atoms with Crippen LogP contribution in [0.1, 0.15) is 39.5 Å². The van der Waals surface area contributed by atoms with E-state index in [1.807, 2.05) is 23.6 Å². The maximum atomic E-state index is 12.2. The fraction of sp³-hybridized carbons (Fsp3) is 0.743. The number of nitrogens with one attached hydrogen (secondary N) is 3. The number of aliphatic hydroxyl groups is 21. The summed E-state index contributed by atoms with van der Waals surface area (Å²) in [6.45, 7) is -4.74. The van der Waals surface area contributed by atoms with Gasteiger partial charge in [-0.1, -0.05) is 19.1 Å². The van der Waals surface area contributed by atoms with Crippen LogP contribution in [0.4, 0.5) is 22.7 Å². The van der Waals surface area contributed by atoms with Gasteiger partial charge in [0.05, 0.1) is 101 Å². The summed E-state index contributed by atoms with van der Waals surface area (Å²) in [6.07, 6.45) is -65.1. The van der Waals surface area contributed by atoms with Gasteiger partial charge in [0.2, 0.25) is 0 Å². The molecule has 0 aliphatic carbocycles. The minimum absolute atomic E-state index is 0.147. The first-order chi connectivity index (χ1) is 55.2. The van der Waals surface area contributed by atoms with E-state index in [0.717, 1.165) is 0 Å². The van der Waals surface area contributed by atoms with Crippen LogP contribution in [0.2, 0.25) is 0 Å². The zero-order chi connectivity index (χ0) is 82.0. The van der Waals surface area contributed by atoms with Crippen LogP contribution in [0.3, 0.4) is 0 Å². The second-order valence-electron chi connectivity index (χ2n) is 29.7. The second-order valence-corrected chi connectivity index (χ2v) is 33.6. The molecule has 25 aliphatic heterocycles. The molecule has 26 N–H and O–H groups in total. The molecule has 2 aromatic carbocycles. The molecule has 14 unspecified atom stereocenters. The van der Waals surface area contributed by atoms with E-state index in [1.54, 1.807) is 23.6 Å². The average Bonchev–Trinajstić information content (AvgIpc) is 1.00. The van der Waals surface area contributed by atoms with Gasteiger partial charge in [-0.05, 0) is 35.4 Å². The van der Waals surface area contributed by atoms with Crippen molar-refractivity contribution in [3.8, 4) is 0 Å². The summed E-state index contributed by atoms with van der Waals surface area (Å²) in [7, 11) is 0. The van der Waals surface area contributed by atoms with Crippen molar-refractivity contribution < 1.29 is 174 Å². The highest BCUT2D eigenvalue weighted by molar-refractivity contribution is 7.98. The third-order valence-corrected chi connectivity index (χ3v) is 25.9. The molecule has 2 aromatic heterocycles. The van der Waals surface area contributed by atoms with Crippen LogP contribution in [0, 0.1) is 5.92 Å². The highest BCUT2D eigenvalue weighted by Gasteiger charge is 2.60. The zero-order valence-corrected chi connectivity index (χ0v) is 64.9. The minimum atomic E-state index is -2.22. The molecule has 21 saturated heterocycles. The average molecular weight is 1720 g/mol. The SMILES string of the molecule is CC1C(O)[C@@H]2O[C@H]3O[C@@H]4CSCc5csc(n5)CNc5cc(NCc6ccc(N)c(C(CO)(CO)CO)c6)cc(c5)NCc5nc(cs5)CSC[C@H]5O[C@H](O[C@H]6C(O)C(O)[C@H](O[C@@H]6CO)O[C@H]6C(O)C(O)[C@@H](O[C@@H]6CO)O[C@H]6C(O)C(O)[C@H](O[C@@H]6CO)O[C@H]4C(O)C3O)C(O)C(O)[C@@H]5O[C@H]3O[C@H](CO)[C@@H](O[C@H]1O[C@@H]2CO)C(O)C3O. The third kappa shape index (κ3) is 19.2. The van der Waals surface area contributed by atoms with Crippen molar-refractivity contribution in [3.05, 3.63) is 79.7 Å². The van der Waals surface area contributed by atoms with Crippen molar-refractivity contribution in [2.45, 2.75) is 252 Å². The maximum absolute atomic E-state index is 12.2. The van der Waals surface area contributed by atoms with Gasteiger partial charge in [-0.15, -0.1) is 22.7 Å². The first kappa shape index (κ1) is 89.0. The first-order valence-electron chi connectivity index (χ1n) is 37.4. The van der Waals surface area contributed by atoms with Crippen molar-refractivity contribution in [3.63, 3.8) is 0 Å². The summed E-state index contributed by atoms with van der Waals surface area (Å²) in [5, 5.41) is 256. The largest absolute Gasteiger partial charge is 0.398 e. The van der Waals surface area contributed by atoms with Crippen molar-refractivity contribution in [2.75, 3.05) is 86.0 Å². The van der Waals surface area contributed by atoms with Crippen molar-refractivity contribution in [1.29, 1.82) is 0 Å². The second kappa shape index (κ2) is 39.2. The molecule has 22 bridgehead atoms. The number of anilines is 4. The van der Waals surface area contributed by atoms with Crippen LogP contribution in [-0.2, 0) is 103 Å². The van der Waals surface area contributed by atoms with Gasteiger partial charge >= 0.3 is 0 Å². The first-order valence-corrected chi connectivity index (χ1v) is 41.5. The predicted octanol–water partition coefficient (Wildman–Crippen LogP) is -8.21. The van der Waals surface area contributed by atoms with Crippen LogP contribution in [0.25, 0.3) is 0 Å². The smallest absolute Gasteiger partial charge is 0.187 e. The molecule has 29 rings (SSSR count). The van der Waals surface area contributed by atoms with E-state index < -0.39 is 273 Å². The number of nitrogen functional groups attached to an aromatic ring is 1. The summed E-state index contributed by atoms with van der Waals surface area (Å²) >= 11 is 5.00. The number of benzene rings is 2. The Morgan fingerprint density at radius 2 is 0.739 bits per heavy atom. The van der Waals surface area contributed by atoms with E-state index in [0.29, 0.717) is 49.6 Å². The van der Waals surface area contributed by atoms with Crippen molar-refractivity contribution >= 4 is 68.9 Å². The van der Waals surface area contributed by atoms with Gasteiger partial charge in [0.15, 0.2) is 44.0 Å². The van der Waals surface area contributed by atoms with Gasteiger partial charge in [0, 0.05) is 69.0 Å². The molecule has 646 valence electrons.